The molecule has 2 rings (SSSR count). The predicted molar refractivity (Wildman–Crippen MR) is 91.6 cm³/mol. The van der Waals surface area contributed by atoms with Gasteiger partial charge in [-0.15, -0.1) is 0 Å². The molecule has 0 spiro atoms. The number of aryl methyl sites for hydroxylation is 1. The van der Waals surface area contributed by atoms with Crippen LogP contribution in [-0.2, 0) is 14.8 Å². The number of aromatic nitrogens is 1. The molecule has 6 nitrogen and oxygen atoms in total. The molecule has 1 aromatic carbocycles. The standard InChI is InChI=1S/C14H14N2O4S3/c1-9-13(12(18)8-21-10(2)17)22-14(15-9)16-23(19,20)11-6-4-3-5-7-11/h3-7H,8H2,1-2H3,(H,15,16). The van der Waals surface area contributed by atoms with Gasteiger partial charge in [0, 0.05) is 6.92 Å². The van der Waals surface area contributed by atoms with Crippen LogP contribution < -0.4 is 4.72 Å². The minimum atomic E-state index is -3.74. The third-order valence-corrected chi connectivity index (χ3v) is 6.14. The van der Waals surface area contributed by atoms with Gasteiger partial charge in [0.25, 0.3) is 10.0 Å². The number of hydrogen-bond donors (Lipinski definition) is 1. The number of benzene rings is 1. The van der Waals surface area contributed by atoms with E-state index in [0.717, 1.165) is 23.1 Å². The van der Waals surface area contributed by atoms with E-state index in [1.165, 1.54) is 19.1 Å². The topological polar surface area (TPSA) is 93.2 Å². The van der Waals surface area contributed by atoms with Crippen molar-refractivity contribution in [2.45, 2.75) is 18.7 Å². The van der Waals surface area contributed by atoms with Crippen molar-refractivity contribution in [3.63, 3.8) is 0 Å². The molecule has 122 valence electrons. The van der Waals surface area contributed by atoms with E-state index in [1.54, 1.807) is 25.1 Å². The highest BCUT2D eigenvalue weighted by Gasteiger charge is 2.20. The van der Waals surface area contributed by atoms with E-state index in [2.05, 4.69) is 9.71 Å². The molecule has 0 aliphatic heterocycles. The maximum absolute atomic E-state index is 12.2. The zero-order valence-corrected chi connectivity index (χ0v) is 14.8. The SMILES string of the molecule is CC(=O)SCC(=O)c1sc(NS(=O)(=O)c2ccccc2)nc1C. The number of hydrogen-bond acceptors (Lipinski definition) is 7. The fourth-order valence-corrected chi connectivity index (χ4v) is 4.43. The summed E-state index contributed by atoms with van der Waals surface area (Å²) >= 11 is 1.88. The summed E-state index contributed by atoms with van der Waals surface area (Å²) in [4.78, 5) is 27.5. The van der Waals surface area contributed by atoms with Gasteiger partial charge in [0.1, 0.15) is 0 Å². The fourth-order valence-electron chi connectivity index (χ4n) is 1.71. The maximum Gasteiger partial charge on any atom is 0.263 e. The van der Waals surface area contributed by atoms with Gasteiger partial charge in [-0.05, 0) is 19.1 Å². The van der Waals surface area contributed by atoms with Crippen LogP contribution in [0.25, 0.3) is 0 Å². The number of carbonyl (C=O) groups excluding carboxylic acids is 2. The van der Waals surface area contributed by atoms with Crippen molar-refractivity contribution in [2.75, 3.05) is 10.5 Å². The predicted octanol–water partition coefficient (Wildman–Crippen LogP) is 2.71. The number of thiazole rings is 1. The molecular weight excluding hydrogens is 356 g/mol. The number of carbonyl (C=O) groups is 2. The molecule has 0 saturated heterocycles. The number of ketones is 1. The van der Waals surface area contributed by atoms with E-state index < -0.39 is 10.0 Å². The molecule has 1 N–H and O–H groups in total. The lowest BCUT2D eigenvalue weighted by Crippen LogP contribution is -2.12. The highest BCUT2D eigenvalue weighted by Crippen LogP contribution is 2.26. The number of nitrogens with zero attached hydrogens (tertiary/aromatic N) is 1. The number of anilines is 1. The second kappa shape index (κ2) is 7.24. The summed E-state index contributed by atoms with van der Waals surface area (Å²) in [6, 6.07) is 7.90. The van der Waals surface area contributed by atoms with Crippen molar-refractivity contribution in [1.29, 1.82) is 0 Å². The second-order valence-corrected chi connectivity index (χ2v) is 8.39. The highest BCUT2D eigenvalue weighted by atomic mass is 32.2. The lowest BCUT2D eigenvalue weighted by atomic mass is 10.3. The normalized spacial score (nSPS) is 11.2. The van der Waals surface area contributed by atoms with Gasteiger partial charge in [-0.25, -0.2) is 13.4 Å². The number of rotatable bonds is 6. The molecule has 0 aliphatic rings. The molecule has 0 amide bonds. The number of thioether (sulfide) groups is 1. The highest BCUT2D eigenvalue weighted by molar-refractivity contribution is 8.14. The summed E-state index contributed by atoms with van der Waals surface area (Å²) in [5.41, 5.74) is 0.440. The monoisotopic (exact) mass is 370 g/mol. The van der Waals surface area contributed by atoms with Crippen molar-refractivity contribution in [3.8, 4) is 0 Å². The number of sulfonamides is 1. The molecule has 2 aromatic rings. The first kappa shape index (κ1) is 17.6. The Morgan fingerprint density at radius 1 is 1.26 bits per heavy atom. The number of nitrogens with one attached hydrogen (secondary N) is 1. The van der Waals surface area contributed by atoms with E-state index in [9.17, 15) is 18.0 Å². The van der Waals surface area contributed by atoms with Crippen LogP contribution in [0.15, 0.2) is 35.2 Å². The zero-order valence-electron chi connectivity index (χ0n) is 12.4. The molecule has 9 heteroatoms. The van der Waals surface area contributed by atoms with Crippen molar-refractivity contribution >= 4 is 49.2 Å². The first-order valence-electron chi connectivity index (χ1n) is 6.51. The van der Waals surface area contributed by atoms with Gasteiger partial charge in [-0.1, -0.05) is 41.3 Å². The summed E-state index contributed by atoms with van der Waals surface area (Å²) in [5.74, 6) is -0.228. The molecule has 1 aromatic heterocycles. The van der Waals surface area contributed by atoms with Crippen molar-refractivity contribution in [3.05, 3.63) is 40.9 Å². The summed E-state index contributed by atoms with van der Waals surface area (Å²) in [6.45, 7) is 3.01. The summed E-state index contributed by atoms with van der Waals surface area (Å²) in [5, 5.41) is -0.0203. The van der Waals surface area contributed by atoms with Crippen LogP contribution in [0.2, 0.25) is 0 Å². The minimum absolute atomic E-state index is 0.0171. The van der Waals surface area contributed by atoms with Crippen LogP contribution >= 0.6 is 23.1 Å². The molecular formula is C14H14N2O4S3. The molecule has 0 saturated carbocycles. The Kier molecular flexibility index (Phi) is 5.55. The average molecular weight is 370 g/mol. The lowest BCUT2D eigenvalue weighted by Gasteiger charge is -2.04. The largest absolute Gasteiger partial charge is 0.292 e. The van der Waals surface area contributed by atoms with Gasteiger partial charge in [0.05, 0.1) is 21.2 Å². The minimum Gasteiger partial charge on any atom is -0.292 e. The van der Waals surface area contributed by atoms with Crippen molar-refractivity contribution < 1.29 is 18.0 Å². The van der Waals surface area contributed by atoms with Gasteiger partial charge >= 0.3 is 0 Å². The van der Waals surface area contributed by atoms with E-state index in [1.807, 2.05) is 0 Å². The number of Topliss-reactive ketones (excluding diaryl/α,β-unsaturated/α-hetero) is 1. The van der Waals surface area contributed by atoms with Crippen LogP contribution in [0.5, 0.6) is 0 Å². The van der Waals surface area contributed by atoms with Gasteiger partial charge in [0.2, 0.25) is 0 Å². The molecule has 0 bridgehead atoms. The van der Waals surface area contributed by atoms with Crippen LogP contribution in [0.1, 0.15) is 22.3 Å². The second-order valence-electron chi connectivity index (χ2n) is 4.56. The van der Waals surface area contributed by atoms with E-state index in [0.29, 0.717) is 10.6 Å². The molecule has 23 heavy (non-hydrogen) atoms. The Balaban J connectivity index is 2.18. The summed E-state index contributed by atoms with van der Waals surface area (Å²) in [6.07, 6.45) is 0. The third kappa shape index (κ3) is 4.63. The van der Waals surface area contributed by atoms with Crippen LogP contribution in [0.4, 0.5) is 5.13 Å². The Hall–Kier alpha value is -1.71. The first-order valence-corrected chi connectivity index (χ1v) is 9.80. The van der Waals surface area contributed by atoms with Crippen LogP contribution in [0, 0.1) is 6.92 Å². The summed E-state index contributed by atoms with van der Waals surface area (Å²) < 4.78 is 26.8. The molecule has 0 radical (unpaired) electrons. The van der Waals surface area contributed by atoms with Gasteiger partial charge in [-0.2, -0.15) is 0 Å². The van der Waals surface area contributed by atoms with E-state index >= 15 is 0 Å². The Morgan fingerprint density at radius 2 is 1.91 bits per heavy atom. The Labute approximate surface area is 142 Å². The van der Waals surface area contributed by atoms with Crippen molar-refractivity contribution in [1.82, 2.24) is 4.98 Å². The zero-order chi connectivity index (χ0) is 17.0. The maximum atomic E-state index is 12.2. The first-order chi connectivity index (χ1) is 10.8. The van der Waals surface area contributed by atoms with E-state index in [4.69, 9.17) is 0 Å². The quantitative estimate of drug-likeness (QED) is 0.786. The molecule has 0 unspecified atom stereocenters. The Morgan fingerprint density at radius 3 is 2.52 bits per heavy atom. The van der Waals surface area contributed by atoms with Crippen LogP contribution in [0.3, 0.4) is 0 Å². The molecule has 0 aliphatic carbocycles. The molecule has 0 atom stereocenters. The van der Waals surface area contributed by atoms with Gasteiger partial charge in [-0.3, -0.25) is 14.3 Å². The average Bonchev–Trinajstić information content (AvgIpc) is 2.85. The lowest BCUT2D eigenvalue weighted by molar-refractivity contribution is -0.109. The smallest absolute Gasteiger partial charge is 0.263 e. The van der Waals surface area contributed by atoms with E-state index in [-0.39, 0.29) is 26.7 Å². The van der Waals surface area contributed by atoms with Gasteiger partial charge in [0.15, 0.2) is 16.0 Å². The summed E-state index contributed by atoms with van der Waals surface area (Å²) in [7, 11) is -3.74. The fraction of sp³-hybridized carbons (Fsp3) is 0.214. The molecule has 0 fully saturated rings. The third-order valence-electron chi connectivity index (χ3n) is 2.73. The van der Waals surface area contributed by atoms with Gasteiger partial charge < -0.3 is 0 Å². The van der Waals surface area contributed by atoms with Crippen LogP contribution in [-0.4, -0.2) is 30.1 Å². The Bertz CT molecular complexity index is 829. The molecule has 1 heterocycles. The van der Waals surface area contributed by atoms with Crippen molar-refractivity contribution in [2.24, 2.45) is 0 Å².